The van der Waals surface area contributed by atoms with E-state index in [1.54, 1.807) is 25.4 Å². The maximum absolute atomic E-state index is 14.1. The van der Waals surface area contributed by atoms with Crippen LogP contribution in [0.4, 0.5) is 10.1 Å². The summed E-state index contributed by atoms with van der Waals surface area (Å²) in [4.78, 5) is 25.7. The molecule has 24 heavy (non-hydrogen) atoms. The molecule has 4 rings (SSSR count). The Balaban J connectivity index is 1.67. The molecular weight excluding hydrogens is 353 g/mol. The topological polar surface area (TPSA) is 72.2 Å². The van der Waals surface area contributed by atoms with Crippen LogP contribution in [0.1, 0.15) is 15.4 Å². The summed E-state index contributed by atoms with van der Waals surface area (Å²) in [6.45, 7) is 1.77. The molecule has 120 valence electrons. The molecule has 0 radical (unpaired) electrons. The summed E-state index contributed by atoms with van der Waals surface area (Å²) in [7, 11) is 0. The van der Waals surface area contributed by atoms with Gasteiger partial charge in [-0.05, 0) is 13.0 Å². The standard InChI is InChI=1S/C15H9ClFN5OS/c1-7-5-22-6-8(2-9(17)13(22)19-7)20-14(23)11-3-10-15(24-11)21-12(16)4-18-10/h2-6H,1H3,(H,20,23). The van der Waals surface area contributed by atoms with Crippen molar-refractivity contribution in [2.45, 2.75) is 6.92 Å². The number of halogens is 2. The van der Waals surface area contributed by atoms with Gasteiger partial charge in [-0.3, -0.25) is 9.78 Å². The molecule has 0 aliphatic carbocycles. The zero-order chi connectivity index (χ0) is 16.8. The van der Waals surface area contributed by atoms with E-state index in [-0.39, 0.29) is 16.7 Å². The van der Waals surface area contributed by atoms with E-state index in [0.717, 1.165) is 0 Å². The highest BCUT2D eigenvalue weighted by Gasteiger charge is 2.14. The summed E-state index contributed by atoms with van der Waals surface area (Å²) in [5.41, 5.74) is 1.83. The molecule has 0 unspecified atom stereocenters. The lowest BCUT2D eigenvalue weighted by Crippen LogP contribution is -2.11. The molecule has 4 aromatic rings. The Bertz CT molecular complexity index is 1110. The number of fused-ring (bicyclic) bond motifs is 2. The second-order valence-electron chi connectivity index (χ2n) is 5.14. The van der Waals surface area contributed by atoms with Crippen molar-refractivity contribution >= 4 is 50.5 Å². The van der Waals surface area contributed by atoms with E-state index in [2.05, 4.69) is 20.3 Å². The number of rotatable bonds is 2. The lowest BCUT2D eigenvalue weighted by molar-refractivity contribution is 0.103. The number of hydrogen-bond donors (Lipinski definition) is 1. The van der Waals surface area contributed by atoms with Crippen LogP contribution in [0.2, 0.25) is 5.15 Å². The summed E-state index contributed by atoms with van der Waals surface area (Å²) in [6, 6.07) is 2.86. The van der Waals surface area contributed by atoms with Crippen molar-refractivity contribution in [3.8, 4) is 0 Å². The first-order chi connectivity index (χ1) is 11.5. The number of imidazole rings is 1. The Labute approximate surface area is 143 Å². The molecule has 0 aromatic carbocycles. The maximum atomic E-state index is 14.1. The summed E-state index contributed by atoms with van der Waals surface area (Å²) >= 11 is 6.96. The number of anilines is 1. The Kier molecular flexibility index (Phi) is 3.43. The van der Waals surface area contributed by atoms with Crippen molar-refractivity contribution in [1.29, 1.82) is 0 Å². The molecule has 0 bridgehead atoms. The van der Waals surface area contributed by atoms with Crippen molar-refractivity contribution < 1.29 is 9.18 Å². The predicted molar refractivity (Wildman–Crippen MR) is 90.3 cm³/mol. The number of amides is 1. The quantitative estimate of drug-likeness (QED) is 0.591. The van der Waals surface area contributed by atoms with Gasteiger partial charge in [-0.1, -0.05) is 11.6 Å². The van der Waals surface area contributed by atoms with E-state index in [9.17, 15) is 9.18 Å². The molecular formula is C15H9ClFN5OS. The number of carbonyl (C=O) groups excluding carboxylic acids is 1. The normalized spacial score (nSPS) is 11.3. The highest BCUT2D eigenvalue weighted by Crippen LogP contribution is 2.25. The van der Waals surface area contributed by atoms with Crippen LogP contribution in [-0.4, -0.2) is 25.3 Å². The van der Waals surface area contributed by atoms with Gasteiger partial charge in [-0.15, -0.1) is 11.3 Å². The van der Waals surface area contributed by atoms with Gasteiger partial charge in [-0.25, -0.2) is 14.4 Å². The Morgan fingerprint density at radius 2 is 2.17 bits per heavy atom. The van der Waals surface area contributed by atoms with E-state index >= 15 is 0 Å². The third-order valence-corrected chi connectivity index (χ3v) is 4.52. The molecule has 4 heterocycles. The van der Waals surface area contributed by atoms with Gasteiger partial charge < -0.3 is 9.72 Å². The van der Waals surface area contributed by atoms with Crippen molar-refractivity contribution in [3.05, 3.63) is 52.3 Å². The lowest BCUT2D eigenvalue weighted by atomic mass is 10.3. The second-order valence-corrected chi connectivity index (χ2v) is 6.56. The summed E-state index contributed by atoms with van der Waals surface area (Å²) < 4.78 is 15.6. The minimum Gasteiger partial charge on any atom is -0.320 e. The van der Waals surface area contributed by atoms with Crippen LogP contribution in [0.15, 0.2) is 30.7 Å². The first-order valence-corrected chi connectivity index (χ1v) is 8.07. The minimum absolute atomic E-state index is 0.218. The Morgan fingerprint density at radius 3 is 3.00 bits per heavy atom. The first kappa shape index (κ1) is 15.0. The van der Waals surface area contributed by atoms with E-state index in [0.29, 0.717) is 26.6 Å². The van der Waals surface area contributed by atoms with E-state index in [4.69, 9.17) is 11.6 Å². The molecule has 0 saturated heterocycles. The fourth-order valence-corrected chi connectivity index (χ4v) is 3.41. The molecule has 0 aliphatic rings. The zero-order valence-electron chi connectivity index (χ0n) is 12.2. The number of thiophene rings is 1. The van der Waals surface area contributed by atoms with Crippen LogP contribution in [0.3, 0.4) is 0 Å². The number of aromatic nitrogens is 4. The SMILES string of the molecule is Cc1cn2cc(NC(=O)c3cc4ncc(Cl)nc4s3)cc(F)c2n1. The van der Waals surface area contributed by atoms with Gasteiger partial charge in [0.05, 0.1) is 22.5 Å². The minimum atomic E-state index is -0.507. The maximum Gasteiger partial charge on any atom is 0.265 e. The van der Waals surface area contributed by atoms with E-state index < -0.39 is 5.82 Å². The first-order valence-electron chi connectivity index (χ1n) is 6.88. The van der Waals surface area contributed by atoms with Crippen LogP contribution in [0, 0.1) is 12.7 Å². The molecule has 4 aromatic heterocycles. The third kappa shape index (κ3) is 2.59. The average molecular weight is 362 g/mol. The Morgan fingerprint density at radius 1 is 1.33 bits per heavy atom. The van der Waals surface area contributed by atoms with Gasteiger partial charge in [-0.2, -0.15) is 0 Å². The van der Waals surface area contributed by atoms with Crippen molar-refractivity contribution in [3.63, 3.8) is 0 Å². The largest absolute Gasteiger partial charge is 0.320 e. The molecule has 6 nitrogen and oxygen atoms in total. The third-order valence-electron chi connectivity index (χ3n) is 3.32. The predicted octanol–water partition coefficient (Wildman–Crippen LogP) is 3.69. The average Bonchev–Trinajstić information content (AvgIpc) is 3.09. The monoisotopic (exact) mass is 361 g/mol. The van der Waals surface area contributed by atoms with Gasteiger partial charge >= 0.3 is 0 Å². The molecule has 0 atom stereocenters. The van der Waals surface area contributed by atoms with E-state index in [1.807, 2.05) is 0 Å². The number of pyridine rings is 1. The summed E-state index contributed by atoms with van der Waals surface area (Å²) in [5, 5.41) is 2.93. The number of hydrogen-bond acceptors (Lipinski definition) is 5. The molecule has 1 amide bonds. The van der Waals surface area contributed by atoms with Crippen molar-refractivity contribution in [2.24, 2.45) is 0 Å². The van der Waals surface area contributed by atoms with Crippen LogP contribution in [-0.2, 0) is 0 Å². The number of nitrogens with one attached hydrogen (secondary N) is 1. The van der Waals surface area contributed by atoms with Crippen LogP contribution in [0.5, 0.6) is 0 Å². The number of nitrogens with zero attached hydrogens (tertiary/aromatic N) is 4. The Hall–Kier alpha value is -2.58. The van der Waals surface area contributed by atoms with Gasteiger partial charge in [0.15, 0.2) is 11.5 Å². The van der Waals surface area contributed by atoms with Gasteiger partial charge in [0, 0.05) is 18.5 Å². The highest BCUT2D eigenvalue weighted by atomic mass is 35.5. The fraction of sp³-hybridized carbons (Fsp3) is 0.0667. The van der Waals surface area contributed by atoms with Gasteiger partial charge in [0.25, 0.3) is 5.91 Å². The molecule has 0 saturated carbocycles. The lowest BCUT2D eigenvalue weighted by Gasteiger charge is -2.05. The second kappa shape index (κ2) is 5.50. The molecule has 0 spiro atoms. The van der Waals surface area contributed by atoms with Crippen LogP contribution in [0.25, 0.3) is 16.0 Å². The number of carbonyl (C=O) groups is 1. The zero-order valence-corrected chi connectivity index (χ0v) is 13.8. The van der Waals surface area contributed by atoms with Crippen LogP contribution < -0.4 is 5.32 Å². The smallest absolute Gasteiger partial charge is 0.265 e. The summed E-state index contributed by atoms with van der Waals surface area (Å²) in [6.07, 6.45) is 4.71. The molecule has 9 heteroatoms. The highest BCUT2D eigenvalue weighted by molar-refractivity contribution is 7.20. The number of aryl methyl sites for hydroxylation is 1. The van der Waals surface area contributed by atoms with E-state index in [1.165, 1.54) is 28.0 Å². The van der Waals surface area contributed by atoms with Crippen molar-refractivity contribution in [2.75, 3.05) is 5.32 Å². The molecule has 0 fully saturated rings. The fourth-order valence-electron chi connectivity index (χ4n) is 2.35. The summed E-state index contributed by atoms with van der Waals surface area (Å²) in [5.74, 6) is -0.876. The van der Waals surface area contributed by atoms with Gasteiger partial charge in [0.1, 0.15) is 15.5 Å². The van der Waals surface area contributed by atoms with Crippen LogP contribution >= 0.6 is 22.9 Å². The van der Waals surface area contributed by atoms with Gasteiger partial charge in [0.2, 0.25) is 0 Å². The molecule has 1 N–H and O–H groups in total. The van der Waals surface area contributed by atoms with Crippen molar-refractivity contribution in [1.82, 2.24) is 19.4 Å². The molecule has 0 aliphatic heterocycles.